The molecule has 1 N–H and O–H groups in total. The van der Waals surface area contributed by atoms with Crippen LogP contribution in [0.25, 0.3) is 0 Å². The third kappa shape index (κ3) is 1.63. The van der Waals surface area contributed by atoms with Gasteiger partial charge in [-0.05, 0) is 0 Å². The van der Waals surface area contributed by atoms with Crippen LogP contribution in [0, 0.1) is 0 Å². The SMILES string of the molecule is COC(=O)c1coc(/C=N\O)c1. The topological polar surface area (TPSA) is 72.0 Å². The Balaban J connectivity index is 2.84. The van der Waals surface area contributed by atoms with Gasteiger partial charge < -0.3 is 14.4 Å². The summed E-state index contributed by atoms with van der Waals surface area (Å²) in [6.45, 7) is 0. The number of nitrogens with zero attached hydrogens (tertiary/aromatic N) is 1. The number of carbonyl (C=O) groups is 1. The van der Waals surface area contributed by atoms with Crippen molar-refractivity contribution in [2.45, 2.75) is 0 Å². The second-order valence-corrected chi connectivity index (χ2v) is 1.97. The highest BCUT2D eigenvalue weighted by atomic mass is 16.5. The van der Waals surface area contributed by atoms with Crippen molar-refractivity contribution >= 4 is 12.2 Å². The molecule has 0 atom stereocenters. The molecule has 0 aliphatic heterocycles. The van der Waals surface area contributed by atoms with E-state index in [1.807, 2.05) is 0 Å². The minimum atomic E-state index is -0.490. The summed E-state index contributed by atoms with van der Waals surface area (Å²) in [5.74, 6) is -0.200. The van der Waals surface area contributed by atoms with Crippen molar-refractivity contribution < 1.29 is 19.2 Å². The van der Waals surface area contributed by atoms with Crippen LogP contribution in [0.15, 0.2) is 21.9 Å². The molecule has 0 fully saturated rings. The highest BCUT2D eigenvalue weighted by molar-refractivity contribution is 5.91. The van der Waals surface area contributed by atoms with Crippen LogP contribution in [0.2, 0.25) is 0 Å². The number of hydrogen-bond donors (Lipinski definition) is 1. The zero-order valence-electron chi connectivity index (χ0n) is 6.35. The average Bonchev–Trinajstić information content (AvgIpc) is 2.52. The summed E-state index contributed by atoms with van der Waals surface area (Å²) < 4.78 is 9.24. The van der Waals surface area contributed by atoms with Gasteiger partial charge in [-0.3, -0.25) is 0 Å². The van der Waals surface area contributed by atoms with Crippen LogP contribution in [0.4, 0.5) is 0 Å². The molecule has 1 heterocycles. The molecule has 0 unspecified atom stereocenters. The van der Waals surface area contributed by atoms with Crippen molar-refractivity contribution in [2.75, 3.05) is 7.11 Å². The highest BCUT2D eigenvalue weighted by Gasteiger charge is 2.08. The van der Waals surface area contributed by atoms with Crippen molar-refractivity contribution in [3.8, 4) is 0 Å². The van der Waals surface area contributed by atoms with E-state index in [1.54, 1.807) is 0 Å². The Morgan fingerprint density at radius 3 is 3.17 bits per heavy atom. The molecule has 5 nitrogen and oxygen atoms in total. The van der Waals surface area contributed by atoms with Gasteiger partial charge in [0.1, 0.15) is 18.2 Å². The Kier molecular flexibility index (Phi) is 2.47. The fourth-order valence-corrected chi connectivity index (χ4v) is 0.702. The fraction of sp³-hybridized carbons (Fsp3) is 0.143. The Morgan fingerprint density at radius 2 is 2.58 bits per heavy atom. The summed E-state index contributed by atoms with van der Waals surface area (Å²) in [6.07, 6.45) is 2.30. The zero-order valence-corrected chi connectivity index (χ0v) is 6.35. The molecule has 1 aromatic rings. The maximum Gasteiger partial charge on any atom is 0.341 e. The molecule has 5 heteroatoms. The summed E-state index contributed by atoms with van der Waals surface area (Å²) in [6, 6.07) is 1.41. The first-order chi connectivity index (χ1) is 5.77. The Morgan fingerprint density at radius 1 is 1.83 bits per heavy atom. The van der Waals surface area contributed by atoms with Gasteiger partial charge >= 0.3 is 5.97 Å². The smallest absolute Gasteiger partial charge is 0.341 e. The van der Waals surface area contributed by atoms with E-state index in [-0.39, 0.29) is 11.3 Å². The van der Waals surface area contributed by atoms with Gasteiger partial charge in [0, 0.05) is 6.07 Å². The molecular formula is C7H7NO4. The molecule has 1 aromatic heterocycles. The third-order valence-corrected chi connectivity index (χ3v) is 1.23. The molecule has 0 aromatic carbocycles. The Labute approximate surface area is 68.2 Å². The molecule has 0 saturated carbocycles. The molecule has 1 rings (SSSR count). The minimum Gasteiger partial charge on any atom is -0.465 e. The van der Waals surface area contributed by atoms with E-state index in [2.05, 4.69) is 9.89 Å². The quantitative estimate of drug-likeness (QED) is 0.308. The number of esters is 1. The van der Waals surface area contributed by atoms with E-state index in [0.29, 0.717) is 0 Å². The lowest BCUT2D eigenvalue weighted by Crippen LogP contribution is -1.98. The number of carbonyl (C=O) groups excluding carboxylic acids is 1. The summed E-state index contributed by atoms with van der Waals surface area (Å²) in [5.41, 5.74) is 0.285. The van der Waals surface area contributed by atoms with Gasteiger partial charge in [-0.2, -0.15) is 0 Å². The second-order valence-electron chi connectivity index (χ2n) is 1.97. The largest absolute Gasteiger partial charge is 0.465 e. The standard InChI is InChI=1S/C7H7NO4/c1-11-7(9)5-2-6(3-8-10)12-4-5/h2-4,10H,1H3/b8-3-. The molecular weight excluding hydrogens is 162 g/mol. The predicted molar refractivity (Wildman–Crippen MR) is 39.4 cm³/mol. The van der Waals surface area contributed by atoms with E-state index in [1.165, 1.54) is 19.4 Å². The molecule has 0 amide bonds. The number of rotatable bonds is 2. The van der Waals surface area contributed by atoms with Crippen molar-refractivity contribution in [3.05, 3.63) is 23.7 Å². The number of oxime groups is 1. The maximum absolute atomic E-state index is 10.8. The van der Waals surface area contributed by atoms with Crippen molar-refractivity contribution in [1.82, 2.24) is 0 Å². The van der Waals surface area contributed by atoms with Crippen LogP contribution in [0.5, 0.6) is 0 Å². The van der Waals surface area contributed by atoms with Crippen LogP contribution in [0.1, 0.15) is 16.1 Å². The van der Waals surface area contributed by atoms with Crippen LogP contribution in [0.3, 0.4) is 0 Å². The monoisotopic (exact) mass is 169 g/mol. The van der Waals surface area contributed by atoms with Gasteiger partial charge in [0.05, 0.1) is 12.7 Å². The molecule has 0 saturated heterocycles. The van der Waals surface area contributed by atoms with Gasteiger partial charge in [-0.1, -0.05) is 5.16 Å². The lowest BCUT2D eigenvalue weighted by molar-refractivity contribution is 0.0600. The van der Waals surface area contributed by atoms with Gasteiger partial charge in [0.25, 0.3) is 0 Å². The highest BCUT2D eigenvalue weighted by Crippen LogP contribution is 2.06. The van der Waals surface area contributed by atoms with Gasteiger partial charge in [0.15, 0.2) is 0 Å². The normalized spacial score (nSPS) is 10.4. The maximum atomic E-state index is 10.8. The zero-order chi connectivity index (χ0) is 8.97. The van der Waals surface area contributed by atoms with Crippen molar-refractivity contribution in [2.24, 2.45) is 5.16 Å². The van der Waals surface area contributed by atoms with Crippen LogP contribution < -0.4 is 0 Å². The first kappa shape index (κ1) is 8.32. The minimum absolute atomic E-state index is 0.285. The number of furan rings is 1. The van der Waals surface area contributed by atoms with Gasteiger partial charge in [0.2, 0.25) is 0 Å². The number of methoxy groups -OCH3 is 1. The summed E-state index contributed by atoms with van der Waals surface area (Å²) in [7, 11) is 1.27. The van der Waals surface area contributed by atoms with Gasteiger partial charge in [-0.25, -0.2) is 4.79 Å². The van der Waals surface area contributed by atoms with Crippen molar-refractivity contribution in [3.63, 3.8) is 0 Å². The molecule has 0 spiro atoms. The second kappa shape index (κ2) is 3.56. The van der Waals surface area contributed by atoms with Crippen LogP contribution in [-0.2, 0) is 4.74 Å². The fourth-order valence-electron chi connectivity index (χ4n) is 0.702. The summed E-state index contributed by atoms with van der Waals surface area (Å²) >= 11 is 0. The summed E-state index contributed by atoms with van der Waals surface area (Å²) in [5, 5.41) is 10.9. The Hall–Kier alpha value is -1.78. The predicted octanol–water partition coefficient (Wildman–Crippen LogP) is 0.874. The average molecular weight is 169 g/mol. The van der Waals surface area contributed by atoms with Crippen molar-refractivity contribution in [1.29, 1.82) is 0 Å². The van der Waals surface area contributed by atoms with Crippen LogP contribution in [-0.4, -0.2) is 24.5 Å². The molecule has 64 valence electrons. The first-order valence-corrected chi connectivity index (χ1v) is 3.12. The van der Waals surface area contributed by atoms with Crippen LogP contribution >= 0.6 is 0 Å². The summed E-state index contributed by atoms with van der Waals surface area (Å²) in [4.78, 5) is 10.8. The first-order valence-electron chi connectivity index (χ1n) is 3.12. The van der Waals surface area contributed by atoms with E-state index in [9.17, 15) is 4.79 Å². The molecule has 0 aliphatic carbocycles. The van der Waals surface area contributed by atoms with E-state index >= 15 is 0 Å². The van der Waals surface area contributed by atoms with E-state index < -0.39 is 5.97 Å². The van der Waals surface area contributed by atoms with E-state index in [4.69, 9.17) is 9.62 Å². The lowest BCUT2D eigenvalue weighted by atomic mass is 10.3. The lowest BCUT2D eigenvalue weighted by Gasteiger charge is -1.89. The number of hydrogen-bond acceptors (Lipinski definition) is 5. The molecule has 0 bridgehead atoms. The molecule has 0 aliphatic rings. The molecule has 0 radical (unpaired) electrons. The number of ether oxygens (including phenoxy) is 1. The van der Waals surface area contributed by atoms with Gasteiger partial charge in [-0.15, -0.1) is 0 Å². The third-order valence-electron chi connectivity index (χ3n) is 1.23. The van der Waals surface area contributed by atoms with E-state index in [0.717, 1.165) is 6.21 Å². The Bertz CT molecular complexity index is 302. The molecule has 12 heavy (non-hydrogen) atoms.